The molecule has 2 heterocycles. The normalized spacial score (nSPS) is 18.2. The van der Waals surface area contributed by atoms with Crippen LogP contribution in [0, 0.1) is 0 Å². The highest BCUT2D eigenvalue weighted by Crippen LogP contribution is 2.27. The first-order valence-electron chi connectivity index (χ1n) is 6.86. The molecule has 21 heavy (non-hydrogen) atoms. The lowest BCUT2D eigenvalue weighted by Gasteiger charge is -2.08. The lowest BCUT2D eigenvalue weighted by atomic mass is 10.3. The third kappa shape index (κ3) is 3.69. The number of aromatic nitrogens is 1. The van der Waals surface area contributed by atoms with E-state index in [-0.39, 0.29) is 12.0 Å². The van der Waals surface area contributed by atoms with E-state index >= 15 is 0 Å². The van der Waals surface area contributed by atoms with Crippen LogP contribution in [0.5, 0.6) is 0 Å². The SMILES string of the molecule is Nc1ccc2nc(NC(=O)CCOC3CCOC3)sc2c1. The Labute approximate surface area is 126 Å². The van der Waals surface area contributed by atoms with E-state index in [1.807, 2.05) is 12.1 Å². The molecule has 1 atom stereocenters. The second kappa shape index (κ2) is 6.38. The van der Waals surface area contributed by atoms with Crippen molar-refractivity contribution in [3.05, 3.63) is 18.2 Å². The van der Waals surface area contributed by atoms with E-state index in [9.17, 15) is 4.79 Å². The summed E-state index contributed by atoms with van der Waals surface area (Å²) in [5.41, 5.74) is 7.25. The third-order valence-electron chi connectivity index (χ3n) is 3.23. The first-order valence-corrected chi connectivity index (χ1v) is 7.67. The average molecular weight is 307 g/mol. The molecule has 1 aliphatic heterocycles. The Morgan fingerprint density at radius 1 is 1.57 bits per heavy atom. The van der Waals surface area contributed by atoms with Crippen molar-refractivity contribution in [2.45, 2.75) is 18.9 Å². The zero-order valence-corrected chi connectivity index (χ0v) is 12.3. The van der Waals surface area contributed by atoms with Crippen LogP contribution in [0.25, 0.3) is 10.2 Å². The molecule has 3 rings (SSSR count). The molecular weight excluding hydrogens is 290 g/mol. The van der Waals surface area contributed by atoms with Crippen molar-refractivity contribution >= 4 is 38.3 Å². The van der Waals surface area contributed by atoms with Gasteiger partial charge in [-0.2, -0.15) is 0 Å². The van der Waals surface area contributed by atoms with Crippen LogP contribution < -0.4 is 11.1 Å². The predicted octanol–water partition coefficient (Wildman–Crippen LogP) is 2.01. The van der Waals surface area contributed by atoms with E-state index in [0.717, 1.165) is 23.2 Å². The number of nitrogens with one attached hydrogen (secondary N) is 1. The summed E-state index contributed by atoms with van der Waals surface area (Å²) >= 11 is 1.41. The van der Waals surface area contributed by atoms with Crippen molar-refractivity contribution < 1.29 is 14.3 Å². The van der Waals surface area contributed by atoms with E-state index < -0.39 is 0 Å². The molecule has 1 amide bonds. The first-order chi connectivity index (χ1) is 10.2. The van der Waals surface area contributed by atoms with Crippen molar-refractivity contribution in [2.24, 2.45) is 0 Å². The monoisotopic (exact) mass is 307 g/mol. The Hall–Kier alpha value is -1.70. The fourth-order valence-corrected chi connectivity index (χ4v) is 3.07. The average Bonchev–Trinajstić information content (AvgIpc) is 3.07. The van der Waals surface area contributed by atoms with Gasteiger partial charge in [0.2, 0.25) is 5.91 Å². The number of fused-ring (bicyclic) bond motifs is 1. The summed E-state index contributed by atoms with van der Waals surface area (Å²) in [6.45, 7) is 1.77. The highest BCUT2D eigenvalue weighted by molar-refractivity contribution is 7.22. The zero-order chi connectivity index (χ0) is 14.7. The standard InChI is InChI=1S/C14H17N3O3S/c15-9-1-2-11-12(7-9)21-14(16-11)17-13(18)4-6-20-10-3-5-19-8-10/h1-2,7,10H,3-6,8,15H2,(H,16,17,18). The number of hydrogen-bond donors (Lipinski definition) is 2. The zero-order valence-electron chi connectivity index (χ0n) is 11.5. The maximum atomic E-state index is 11.8. The largest absolute Gasteiger partial charge is 0.399 e. The summed E-state index contributed by atoms with van der Waals surface area (Å²) in [5.74, 6) is -0.0963. The van der Waals surface area contributed by atoms with Crippen LogP contribution in [0.15, 0.2) is 18.2 Å². The van der Waals surface area contributed by atoms with Gasteiger partial charge in [-0.25, -0.2) is 4.98 Å². The van der Waals surface area contributed by atoms with Gasteiger partial charge < -0.3 is 20.5 Å². The molecule has 1 saturated heterocycles. The maximum absolute atomic E-state index is 11.8. The molecule has 1 aromatic carbocycles. The summed E-state index contributed by atoms with van der Waals surface area (Å²) in [7, 11) is 0. The number of hydrogen-bond acceptors (Lipinski definition) is 6. The molecule has 0 aliphatic carbocycles. The van der Waals surface area contributed by atoms with Crippen LogP contribution in [0.1, 0.15) is 12.8 Å². The number of carbonyl (C=O) groups is 1. The van der Waals surface area contributed by atoms with Gasteiger partial charge in [0.05, 0.1) is 36.0 Å². The minimum atomic E-state index is -0.0963. The summed E-state index contributed by atoms with van der Waals surface area (Å²) in [4.78, 5) is 16.2. The van der Waals surface area contributed by atoms with E-state index in [4.69, 9.17) is 15.2 Å². The molecule has 7 heteroatoms. The Kier molecular flexibility index (Phi) is 4.33. The number of nitrogens with zero attached hydrogens (tertiary/aromatic N) is 1. The van der Waals surface area contributed by atoms with Gasteiger partial charge in [0.15, 0.2) is 5.13 Å². The summed E-state index contributed by atoms with van der Waals surface area (Å²) < 4.78 is 11.7. The molecule has 1 aromatic heterocycles. The molecule has 0 radical (unpaired) electrons. The maximum Gasteiger partial charge on any atom is 0.228 e. The van der Waals surface area contributed by atoms with Crippen molar-refractivity contribution in [1.29, 1.82) is 0 Å². The quantitative estimate of drug-likeness (QED) is 0.825. The van der Waals surface area contributed by atoms with Gasteiger partial charge in [-0.1, -0.05) is 11.3 Å². The third-order valence-corrected chi connectivity index (χ3v) is 4.16. The van der Waals surface area contributed by atoms with Crippen molar-refractivity contribution in [1.82, 2.24) is 4.98 Å². The molecule has 2 aromatic rings. The molecule has 6 nitrogen and oxygen atoms in total. The van der Waals surface area contributed by atoms with Crippen LogP contribution in [-0.2, 0) is 14.3 Å². The van der Waals surface area contributed by atoms with Crippen LogP contribution in [0.2, 0.25) is 0 Å². The topological polar surface area (TPSA) is 86.5 Å². The number of amides is 1. The van der Waals surface area contributed by atoms with E-state index in [1.54, 1.807) is 6.07 Å². The smallest absolute Gasteiger partial charge is 0.228 e. The Bertz CT molecular complexity index is 637. The summed E-state index contributed by atoms with van der Waals surface area (Å²) in [5, 5.41) is 3.38. The van der Waals surface area contributed by atoms with Crippen LogP contribution in [0.3, 0.4) is 0 Å². The highest BCUT2D eigenvalue weighted by atomic mass is 32.1. The molecule has 0 saturated carbocycles. The number of ether oxygens (including phenoxy) is 2. The number of rotatable bonds is 5. The van der Waals surface area contributed by atoms with E-state index in [0.29, 0.717) is 30.5 Å². The van der Waals surface area contributed by atoms with Crippen molar-refractivity contribution in [3.8, 4) is 0 Å². The Morgan fingerprint density at radius 3 is 3.29 bits per heavy atom. The number of thiazole rings is 1. The van der Waals surface area contributed by atoms with E-state index in [2.05, 4.69) is 10.3 Å². The molecule has 1 aliphatic rings. The Morgan fingerprint density at radius 2 is 2.48 bits per heavy atom. The fourth-order valence-electron chi connectivity index (χ4n) is 2.14. The number of carbonyl (C=O) groups excluding carboxylic acids is 1. The van der Waals surface area contributed by atoms with Gasteiger partial charge in [0.25, 0.3) is 0 Å². The van der Waals surface area contributed by atoms with Crippen molar-refractivity contribution in [3.63, 3.8) is 0 Å². The summed E-state index contributed by atoms with van der Waals surface area (Å²) in [6, 6.07) is 5.50. The lowest BCUT2D eigenvalue weighted by Crippen LogP contribution is -2.18. The molecular formula is C14H17N3O3S. The first kappa shape index (κ1) is 14.2. The predicted molar refractivity (Wildman–Crippen MR) is 82.5 cm³/mol. The van der Waals surface area contributed by atoms with Gasteiger partial charge >= 0.3 is 0 Å². The molecule has 3 N–H and O–H groups in total. The lowest BCUT2D eigenvalue weighted by molar-refractivity contribution is -0.117. The number of anilines is 2. The molecule has 1 unspecified atom stereocenters. The van der Waals surface area contributed by atoms with Gasteiger partial charge in [-0.3, -0.25) is 4.79 Å². The molecule has 0 bridgehead atoms. The second-order valence-corrected chi connectivity index (χ2v) is 5.93. The van der Waals surface area contributed by atoms with Crippen LogP contribution in [-0.4, -0.2) is 36.8 Å². The number of nitrogen functional groups attached to an aromatic ring is 1. The van der Waals surface area contributed by atoms with Gasteiger partial charge in [0.1, 0.15) is 0 Å². The fraction of sp³-hybridized carbons (Fsp3) is 0.429. The Balaban J connectivity index is 1.51. The van der Waals surface area contributed by atoms with Crippen LogP contribution in [0.4, 0.5) is 10.8 Å². The van der Waals surface area contributed by atoms with Crippen LogP contribution >= 0.6 is 11.3 Å². The molecule has 1 fully saturated rings. The van der Waals surface area contributed by atoms with Gasteiger partial charge in [-0.05, 0) is 24.6 Å². The number of benzene rings is 1. The minimum absolute atomic E-state index is 0.0963. The summed E-state index contributed by atoms with van der Waals surface area (Å²) in [6.07, 6.45) is 1.35. The highest BCUT2D eigenvalue weighted by Gasteiger charge is 2.16. The minimum Gasteiger partial charge on any atom is -0.399 e. The van der Waals surface area contributed by atoms with Gasteiger partial charge in [0, 0.05) is 12.3 Å². The second-order valence-electron chi connectivity index (χ2n) is 4.90. The molecule has 112 valence electrons. The van der Waals surface area contributed by atoms with Gasteiger partial charge in [-0.15, -0.1) is 0 Å². The number of nitrogens with two attached hydrogens (primary N) is 1. The molecule has 0 spiro atoms. The van der Waals surface area contributed by atoms with E-state index in [1.165, 1.54) is 11.3 Å². The van der Waals surface area contributed by atoms with Crippen molar-refractivity contribution in [2.75, 3.05) is 30.9 Å².